The molecule has 2 aromatic carbocycles. The Morgan fingerprint density at radius 3 is 2.06 bits per heavy atom. The van der Waals surface area contributed by atoms with E-state index in [0.29, 0.717) is 17.0 Å². The van der Waals surface area contributed by atoms with E-state index in [1.54, 1.807) is 30.3 Å². The highest BCUT2D eigenvalue weighted by Crippen LogP contribution is 2.40. The summed E-state index contributed by atoms with van der Waals surface area (Å²) < 4.78 is 53.2. The van der Waals surface area contributed by atoms with Gasteiger partial charge in [-0.2, -0.15) is 8.78 Å². The maximum absolute atomic E-state index is 14.3. The fourth-order valence-electron chi connectivity index (χ4n) is 4.78. The van der Waals surface area contributed by atoms with Gasteiger partial charge >= 0.3 is 5.97 Å². The van der Waals surface area contributed by atoms with E-state index in [0.717, 1.165) is 25.7 Å². The molecule has 0 spiro atoms. The molecule has 0 amide bonds. The minimum absolute atomic E-state index is 0.00962. The lowest BCUT2D eigenvalue weighted by Crippen LogP contribution is -2.15. The second-order valence-corrected chi connectivity index (χ2v) is 10.5. The van der Waals surface area contributed by atoms with Gasteiger partial charge < -0.3 is 5.11 Å². The Bertz CT molecular complexity index is 900. The molecule has 1 aliphatic carbocycles. The average Bonchev–Trinajstić information content (AvgIpc) is 2.87. The van der Waals surface area contributed by atoms with Crippen LogP contribution in [0.3, 0.4) is 0 Å². The van der Waals surface area contributed by atoms with Crippen LogP contribution in [0.4, 0.5) is 17.6 Å². The molecular formula is C29H38F4O2S. The number of carboxylic acids is 1. The van der Waals surface area contributed by atoms with Gasteiger partial charge in [0.05, 0.1) is 10.5 Å². The number of unbranched alkanes of at least 4 members (excludes halogenated alkanes) is 6. The van der Waals surface area contributed by atoms with Crippen molar-refractivity contribution in [3.05, 3.63) is 65.2 Å². The van der Waals surface area contributed by atoms with Gasteiger partial charge in [0, 0.05) is 0 Å². The molecule has 0 aromatic heterocycles. The summed E-state index contributed by atoms with van der Waals surface area (Å²) in [6, 6.07) is 11.1. The van der Waals surface area contributed by atoms with Crippen molar-refractivity contribution in [1.82, 2.24) is 0 Å². The zero-order valence-corrected chi connectivity index (χ0v) is 21.9. The van der Waals surface area contributed by atoms with Crippen LogP contribution in [0.2, 0.25) is 0 Å². The van der Waals surface area contributed by atoms with Gasteiger partial charge in [0.15, 0.2) is 11.6 Å². The van der Waals surface area contributed by atoms with E-state index >= 15 is 0 Å². The molecule has 7 heteroatoms. The zero-order chi connectivity index (χ0) is 26.3. The standard InChI is InChI=1S/C22H32F4S.C7H6O2/c1-2-3-4-5-6-7-8-9-16-10-12-17(13-11-16)18-14-15-19(27-22(25)26)21(24)20(18)23;8-7(9)6-4-2-1-3-5-6/h14-17,22H,2-13H2,1H3;1-5H,(H,8,9)/t16-,17-;. The predicted molar refractivity (Wildman–Crippen MR) is 139 cm³/mol. The normalized spacial score (nSPS) is 17.5. The summed E-state index contributed by atoms with van der Waals surface area (Å²) in [5.41, 5.74) is 0.693. The van der Waals surface area contributed by atoms with E-state index in [9.17, 15) is 22.4 Å². The van der Waals surface area contributed by atoms with Crippen LogP contribution in [0.15, 0.2) is 47.4 Å². The smallest absolute Gasteiger partial charge is 0.335 e. The monoisotopic (exact) mass is 526 g/mol. The first-order chi connectivity index (χ1) is 17.3. The lowest BCUT2D eigenvalue weighted by Gasteiger charge is -2.29. The summed E-state index contributed by atoms with van der Waals surface area (Å²) in [6.07, 6.45) is 14.2. The van der Waals surface area contributed by atoms with Crippen molar-refractivity contribution in [3.63, 3.8) is 0 Å². The predicted octanol–water partition coefficient (Wildman–Crippen LogP) is 10.1. The summed E-state index contributed by atoms with van der Waals surface area (Å²) in [5, 5.41) is 8.38. The van der Waals surface area contributed by atoms with Crippen molar-refractivity contribution in [2.45, 2.75) is 101 Å². The molecule has 200 valence electrons. The van der Waals surface area contributed by atoms with Gasteiger partial charge in [-0.05, 0) is 61.3 Å². The highest BCUT2D eigenvalue weighted by molar-refractivity contribution is 7.99. The average molecular weight is 527 g/mol. The van der Waals surface area contributed by atoms with Crippen LogP contribution in [0, 0.1) is 17.6 Å². The van der Waals surface area contributed by atoms with Crippen molar-refractivity contribution in [1.29, 1.82) is 0 Å². The van der Waals surface area contributed by atoms with Crippen LogP contribution in [0.5, 0.6) is 0 Å². The first kappa shape index (κ1) is 30.2. The maximum Gasteiger partial charge on any atom is 0.335 e. The van der Waals surface area contributed by atoms with Gasteiger partial charge in [-0.25, -0.2) is 13.6 Å². The molecule has 0 saturated heterocycles. The highest BCUT2D eigenvalue weighted by Gasteiger charge is 2.26. The maximum atomic E-state index is 14.3. The molecule has 0 atom stereocenters. The number of hydrogen-bond acceptors (Lipinski definition) is 2. The number of benzene rings is 2. The molecule has 0 unspecified atom stereocenters. The number of halogens is 4. The summed E-state index contributed by atoms with van der Waals surface area (Å²) in [5.74, 6) is -4.98. The van der Waals surface area contributed by atoms with Crippen LogP contribution < -0.4 is 0 Å². The van der Waals surface area contributed by atoms with Gasteiger partial charge in [0.25, 0.3) is 5.76 Å². The Labute approximate surface area is 216 Å². The second kappa shape index (κ2) is 16.7. The van der Waals surface area contributed by atoms with Gasteiger partial charge in [-0.3, -0.25) is 0 Å². The molecule has 2 nitrogen and oxygen atoms in total. The Balaban J connectivity index is 0.000000425. The summed E-state index contributed by atoms with van der Waals surface area (Å²) >= 11 is 0.0638. The van der Waals surface area contributed by atoms with E-state index in [4.69, 9.17) is 5.11 Å². The number of rotatable bonds is 12. The number of thioether (sulfide) groups is 1. The number of hydrogen-bond donors (Lipinski definition) is 1. The SMILES string of the molecule is CCCCCCCCC[C@H]1CC[C@H](c2ccc(SC(F)F)c(F)c2F)CC1.O=C(O)c1ccccc1. The Morgan fingerprint density at radius 1 is 0.889 bits per heavy atom. The molecule has 0 bridgehead atoms. The van der Waals surface area contributed by atoms with E-state index in [2.05, 4.69) is 6.92 Å². The van der Waals surface area contributed by atoms with Crippen molar-refractivity contribution < 1.29 is 27.5 Å². The van der Waals surface area contributed by atoms with Crippen LogP contribution in [-0.4, -0.2) is 16.8 Å². The Hall–Kier alpha value is -2.02. The lowest BCUT2D eigenvalue weighted by atomic mass is 9.77. The first-order valence-electron chi connectivity index (χ1n) is 13.0. The van der Waals surface area contributed by atoms with Gasteiger partial charge in [-0.1, -0.05) is 94.3 Å². The molecule has 1 fully saturated rings. The number of alkyl halides is 2. The van der Waals surface area contributed by atoms with Crippen LogP contribution in [0.25, 0.3) is 0 Å². The van der Waals surface area contributed by atoms with Crippen molar-refractivity contribution in [2.75, 3.05) is 0 Å². The second-order valence-electron chi connectivity index (χ2n) is 9.46. The minimum atomic E-state index is -2.74. The first-order valence-corrected chi connectivity index (χ1v) is 13.9. The van der Waals surface area contributed by atoms with Crippen LogP contribution >= 0.6 is 11.8 Å². The third kappa shape index (κ3) is 10.5. The van der Waals surface area contributed by atoms with Gasteiger partial charge in [0.1, 0.15) is 0 Å². The molecule has 1 N–H and O–H groups in total. The third-order valence-corrected chi connectivity index (χ3v) is 7.56. The van der Waals surface area contributed by atoms with Crippen molar-refractivity contribution in [2.24, 2.45) is 5.92 Å². The molecule has 3 rings (SSSR count). The highest BCUT2D eigenvalue weighted by atomic mass is 32.2. The Morgan fingerprint density at radius 2 is 1.50 bits per heavy atom. The van der Waals surface area contributed by atoms with Crippen molar-refractivity contribution >= 4 is 17.7 Å². The summed E-state index contributed by atoms with van der Waals surface area (Å²) in [6.45, 7) is 2.23. The number of aromatic carboxylic acids is 1. The van der Waals surface area contributed by atoms with Crippen LogP contribution in [0.1, 0.15) is 106 Å². The summed E-state index contributed by atoms with van der Waals surface area (Å²) in [4.78, 5) is 9.89. The molecule has 0 heterocycles. The third-order valence-electron chi connectivity index (χ3n) is 6.82. The molecule has 0 radical (unpaired) electrons. The van der Waals surface area contributed by atoms with Gasteiger partial charge in [-0.15, -0.1) is 0 Å². The molecule has 1 saturated carbocycles. The fourth-order valence-corrected chi connectivity index (χ4v) is 5.31. The lowest BCUT2D eigenvalue weighted by molar-refractivity contribution is 0.0697. The molecular weight excluding hydrogens is 488 g/mol. The van der Waals surface area contributed by atoms with E-state index in [1.807, 2.05) is 0 Å². The molecule has 36 heavy (non-hydrogen) atoms. The van der Waals surface area contributed by atoms with Crippen LogP contribution in [-0.2, 0) is 0 Å². The quantitative estimate of drug-likeness (QED) is 0.170. The molecule has 0 aliphatic heterocycles. The van der Waals surface area contributed by atoms with E-state index < -0.39 is 23.4 Å². The molecule has 1 aliphatic rings. The van der Waals surface area contributed by atoms with E-state index in [1.165, 1.54) is 63.5 Å². The molecule has 2 aromatic rings. The summed E-state index contributed by atoms with van der Waals surface area (Å²) in [7, 11) is 0. The largest absolute Gasteiger partial charge is 0.478 e. The van der Waals surface area contributed by atoms with Crippen molar-refractivity contribution in [3.8, 4) is 0 Å². The fraction of sp³-hybridized carbons (Fsp3) is 0.552. The van der Waals surface area contributed by atoms with E-state index in [-0.39, 0.29) is 22.6 Å². The number of carbonyl (C=O) groups is 1. The number of carboxylic acid groups (broad SMARTS) is 1. The topological polar surface area (TPSA) is 37.3 Å². The zero-order valence-electron chi connectivity index (χ0n) is 21.0. The Kier molecular flexibility index (Phi) is 14.0. The minimum Gasteiger partial charge on any atom is -0.478 e. The van der Waals surface area contributed by atoms with Gasteiger partial charge in [0.2, 0.25) is 0 Å².